The van der Waals surface area contributed by atoms with Crippen LogP contribution in [0.1, 0.15) is 5.56 Å². The molecule has 2 aromatic heterocycles. The summed E-state index contributed by atoms with van der Waals surface area (Å²) in [4.78, 5) is 23.5. The van der Waals surface area contributed by atoms with Crippen molar-refractivity contribution >= 4 is 32.7 Å². The minimum absolute atomic E-state index is 0.0245. The maximum absolute atomic E-state index is 12.9. The molecular formula is C25H23N5O3S. The summed E-state index contributed by atoms with van der Waals surface area (Å²) in [5, 5.41) is 3.07. The van der Waals surface area contributed by atoms with Crippen molar-refractivity contribution < 1.29 is 13.2 Å². The second-order valence-electron chi connectivity index (χ2n) is 7.95. The first-order chi connectivity index (χ1) is 16.5. The second kappa shape index (κ2) is 9.30. The van der Waals surface area contributed by atoms with Crippen molar-refractivity contribution in [1.29, 1.82) is 0 Å². The maximum atomic E-state index is 12.9. The van der Waals surface area contributed by atoms with E-state index in [2.05, 4.69) is 15.0 Å². The third-order valence-electron chi connectivity index (χ3n) is 5.69. The Morgan fingerprint density at radius 3 is 2.68 bits per heavy atom. The maximum Gasteiger partial charge on any atom is 0.241 e. The molecule has 0 saturated carbocycles. The van der Waals surface area contributed by atoms with E-state index in [0.717, 1.165) is 5.56 Å². The fraction of sp³-hybridized carbons (Fsp3) is 0.160. The average Bonchev–Trinajstić information content (AvgIpc) is 2.88. The number of nitrogens with zero attached hydrogens (tertiary/aromatic N) is 3. The average molecular weight is 474 g/mol. The number of benzene rings is 2. The van der Waals surface area contributed by atoms with E-state index >= 15 is 0 Å². The quantitative estimate of drug-likeness (QED) is 0.446. The minimum atomic E-state index is -3.71. The molecule has 1 amide bonds. The van der Waals surface area contributed by atoms with Gasteiger partial charge in [0.25, 0.3) is 0 Å². The lowest BCUT2D eigenvalue weighted by Gasteiger charge is -2.28. The number of anilines is 1. The molecule has 1 aliphatic heterocycles. The Labute approximate surface area is 197 Å². The first-order valence-electron chi connectivity index (χ1n) is 10.9. The van der Waals surface area contributed by atoms with Crippen LogP contribution in [0.3, 0.4) is 0 Å². The van der Waals surface area contributed by atoms with Gasteiger partial charge in [0.1, 0.15) is 5.52 Å². The third kappa shape index (κ3) is 4.54. The van der Waals surface area contributed by atoms with Crippen LogP contribution >= 0.6 is 0 Å². The summed E-state index contributed by atoms with van der Waals surface area (Å²) in [7, 11) is -3.71. The third-order valence-corrected chi connectivity index (χ3v) is 7.09. The number of rotatable bonds is 6. The first-order valence-corrected chi connectivity index (χ1v) is 12.4. The van der Waals surface area contributed by atoms with Crippen molar-refractivity contribution in [3.63, 3.8) is 0 Å². The van der Waals surface area contributed by atoms with Crippen LogP contribution in [0.5, 0.6) is 0 Å². The summed E-state index contributed by atoms with van der Waals surface area (Å²) in [6.07, 6.45) is 1.67. The van der Waals surface area contributed by atoms with E-state index in [4.69, 9.17) is 4.98 Å². The Bertz CT molecular complexity index is 1460. The van der Waals surface area contributed by atoms with Crippen LogP contribution in [0.25, 0.3) is 22.3 Å². The predicted molar refractivity (Wildman–Crippen MR) is 131 cm³/mol. The lowest BCUT2D eigenvalue weighted by molar-refractivity contribution is -0.118. The lowest BCUT2D eigenvalue weighted by Crippen LogP contribution is -2.48. The van der Waals surface area contributed by atoms with E-state index in [-0.39, 0.29) is 23.9 Å². The van der Waals surface area contributed by atoms with Crippen LogP contribution in [0.15, 0.2) is 83.9 Å². The molecule has 0 atom stereocenters. The molecule has 8 nitrogen and oxygen atoms in total. The molecule has 172 valence electrons. The highest BCUT2D eigenvalue weighted by Gasteiger charge is 2.22. The van der Waals surface area contributed by atoms with Gasteiger partial charge in [-0.25, -0.2) is 18.1 Å². The van der Waals surface area contributed by atoms with Gasteiger partial charge in [0.05, 0.1) is 28.3 Å². The van der Waals surface area contributed by atoms with Gasteiger partial charge in [-0.05, 0) is 35.9 Å². The number of piperazine rings is 1. The van der Waals surface area contributed by atoms with E-state index in [1.165, 1.54) is 0 Å². The van der Waals surface area contributed by atoms with Crippen molar-refractivity contribution in [3.8, 4) is 11.3 Å². The van der Waals surface area contributed by atoms with Gasteiger partial charge in [-0.15, -0.1) is 0 Å². The highest BCUT2D eigenvalue weighted by atomic mass is 32.2. The van der Waals surface area contributed by atoms with Crippen molar-refractivity contribution in [2.45, 2.75) is 11.4 Å². The van der Waals surface area contributed by atoms with E-state index in [0.29, 0.717) is 41.1 Å². The number of carbonyl (C=O) groups excluding carboxylic acids is 1. The van der Waals surface area contributed by atoms with E-state index in [1.54, 1.807) is 35.4 Å². The highest BCUT2D eigenvalue weighted by Crippen LogP contribution is 2.28. The molecule has 0 spiro atoms. The molecule has 4 aromatic rings. The Morgan fingerprint density at radius 2 is 1.85 bits per heavy atom. The number of hydrogen-bond acceptors (Lipinski definition) is 6. The smallest absolute Gasteiger partial charge is 0.241 e. The zero-order valence-electron chi connectivity index (χ0n) is 18.3. The number of aromatic nitrogens is 2. The van der Waals surface area contributed by atoms with E-state index < -0.39 is 10.0 Å². The van der Waals surface area contributed by atoms with Crippen molar-refractivity contribution in [3.05, 3.63) is 84.6 Å². The Kier molecular flexibility index (Phi) is 6.06. The number of fused-ring (bicyclic) bond motifs is 1. The first kappa shape index (κ1) is 22.1. The SMILES string of the molecule is O=C1CNCCN1c1ccnc2ccc(-c3cccc(S(=O)(=O)NCc4ccccc4)c3)nc12. The molecule has 2 N–H and O–H groups in total. The minimum Gasteiger partial charge on any atom is -0.308 e. The van der Waals surface area contributed by atoms with Gasteiger partial charge in [0, 0.05) is 31.4 Å². The molecule has 1 saturated heterocycles. The van der Waals surface area contributed by atoms with Crippen molar-refractivity contribution in [2.75, 3.05) is 24.5 Å². The van der Waals surface area contributed by atoms with Crippen molar-refractivity contribution in [2.24, 2.45) is 0 Å². The van der Waals surface area contributed by atoms with Crippen LogP contribution < -0.4 is 14.9 Å². The fourth-order valence-corrected chi connectivity index (χ4v) is 4.99. The molecule has 5 rings (SSSR count). The molecule has 0 unspecified atom stereocenters. The Morgan fingerprint density at radius 1 is 1.00 bits per heavy atom. The number of amides is 1. The van der Waals surface area contributed by atoms with Crippen LogP contribution in [-0.2, 0) is 21.4 Å². The zero-order valence-corrected chi connectivity index (χ0v) is 19.1. The monoisotopic (exact) mass is 473 g/mol. The van der Waals surface area contributed by atoms with Gasteiger partial charge < -0.3 is 10.2 Å². The topological polar surface area (TPSA) is 104 Å². The zero-order chi connectivity index (χ0) is 23.5. The largest absolute Gasteiger partial charge is 0.308 e. The van der Waals surface area contributed by atoms with Gasteiger partial charge in [0.15, 0.2) is 0 Å². The predicted octanol–water partition coefficient (Wildman–Crippen LogP) is 2.71. The molecule has 0 aliphatic carbocycles. The summed E-state index contributed by atoms with van der Waals surface area (Å²) in [5.74, 6) is -0.0245. The number of sulfonamides is 1. The Balaban J connectivity index is 1.48. The molecular weight excluding hydrogens is 450 g/mol. The van der Waals surface area contributed by atoms with Gasteiger partial charge in [-0.1, -0.05) is 42.5 Å². The summed E-state index contributed by atoms with van der Waals surface area (Å²) in [6.45, 7) is 1.73. The fourth-order valence-electron chi connectivity index (χ4n) is 3.93. The summed E-state index contributed by atoms with van der Waals surface area (Å²) < 4.78 is 28.5. The molecule has 34 heavy (non-hydrogen) atoms. The molecule has 0 bridgehead atoms. The molecule has 1 aliphatic rings. The van der Waals surface area contributed by atoms with Crippen LogP contribution in [-0.4, -0.2) is 43.9 Å². The van der Waals surface area contributed by atoms with Crippen LogP contribution in [0.4, 0.5) is 5.69 Å². The molecule has 3 heterocycles. The summed E-state index contributed by atoms with van der Waals surface area (Å²) in [6, 6.07) is 21.5. The Hall–Kier alpha value is -3.66. The summed E-state index contributed by atoms with van der Waals surface area (Å²) >= 11 is 0. The van der Waals surface area contributed by atoms with Crippen molar-refractivity contribution in [1.82, 2.24) is 20.0 Å². The summed E-state index contributed by atoms with van der Waals surface area (Å²) in [5.41, 5.74) is 4.11. The number of nitrogens with one attached hydrogen (secondary N) is 2. The molecule has 0 radical (unpaired) electrons. The van der Waals surface area contributed by atoms with Crippen LogP contribution in [0.2, 0.25) is 0 Å². The highest BCUT2D eigenvalue weighted by molar-refractivity contribution is 7.89. The van der Waals surface area contributed by atoms with Gasteiger partial charge in [0.2, 0.25) is 15.9 Å². The normalized spacial score (nSPS) is 14.5. The number of pyridine rings is 2. The van der Waals surface area contributed by atoms with Gasteiger partial charge in [-0.2, -0.15) is 0 Å². The number of hydrogen-bond donors (Lipinski definition) is 2. The van der Waals surface area contributed by atoms with E-state index in [9.17, 15) is 13.2 Å². The van der Waals surface area contributed by atoms with E-state index in [1.807, 2.05) is 48.5 Å². The van der Waals surface area contributed by atoms with Crippen LogP contribution in [0, 0.1) is 0 Å². The molecule has 2 aromatic carbocycles. The standard InChI is InChI=1S/C25H23N5O3S/c31-24-17-26-13-14-30(24)23-11-12-27-22-10-9-21(29-25(22)23)19-7-4-8-20(15-19)34(32,33)28-16-18-5-2-1-3-6-18/h1-12,15,26,28H,13-14,16-17H2. The van der Waals surface area contributed by atoms with Gasteiger partial charge in [-0.3, -0.25) is 9.78 Å². The molecule has 1 fully saturated rings. The number of carbonyl (C=O) groups is 1. The van der Waals surface area contributed by atoms with Gasteiger partial charge >= 0.3 is 0 Å². The second-order valence-corrected chi connectivity index (χ2v) is 9.72. The lowest BCUT2D eigenvalue weighted by atomic mass is 10.1. The molecule has 9 heteroatoms.